The average molecular weight is 394 g/mol. The maximum absolute atomic E-state index is 13.1. The number of nitrogens with one attached hydrogen (secondary N) is 1. The van der Waals surface area contributed by atoms with Gasteiger partial charge < -0.3 is 24.2 Å². The maximum Gasteiger partial charge on any atom is 0.333 e. The van der Waals surface area contributed by atoms with Gasteiger partial charge in [0.25, 0.3) is 0 Å². The number of phenols is 1. The van der Waals surface area contributed by atoms with Crippen LogP contribution >= 0.6 is 7.60 Å². The van der Waals surface area contributed by atoms with Gasteiger partial charge in [0.15, 0.2) is 0 Å². The summed E-state index contributed by atoms with van der Waals surface area (Å²) in [6.07, 6.45) is 3.44. The average Bonchev–Trinajstić information content (AvgIpc) is 2.64. The molecule has 1 aromatic carbocycles. The van der Waals surface area contributed by atoms with Gasteiger partial charge in [-0.3, -0.25) is 9.55 Å². The SMILES string of the molecule is CCOP(=O)(CC(Nc1cccnc1)c1cc(O)c(C)c(OC)c1)OCC. The molecular formula is C19H27N2O5P. The van der Waals surface area contributed by atoms with Gasteiger partial charge in [-0.25, -0.2) is 0 Å². The minimum absolute atomic E-state index is 0.0925. The summed E-state index contributed by atoms with van der Waals surface area (Å²) in [4.78, 5) is 4.10. The summed E-state index contributed by atoms with van der Waals surface area (Å²) in [6, 6.07) is 6.66. The summed E-state index contributed by atoms with van der Waals surface area (Å²) in [5.74, 6) is 0.649. The van der Waals surface area contributed by atoms with Gasteiger partial charge in [-0.05, 0) is 50.6 Å². The number of benzene rings is 1. The van der Waals surface area contributed by atoms with Crippen molar-refractivity contribution in [1.82, 2.24) is 4.98 Å². The van der Waals surface area contributed by atoms with Crippen molar-refractivity contribution >= 4 is 13.3 Å². The van der Waals surface area contributed by atoms with Crippen LogP contribution in [0.1, 0.15) is 31.0 Å². The van der Waals surface area contributed by atoms with Crippen molar-refractivity contribution < 1.29 is 23.5 Å². The highest BCUT2D eigenvalue weighted by atomic mass is 31.2. The second-order valence-corrected chi connectivity index (χ2v) is 8.04. The highest BCUT2D eigenvalue weighted by molar-refractivity contribution is 7.53. The molecule has 2 aromatic rings. The number of methoxy groups -OCH3 is 1. The molecule has 7 nitrogen and oxygen atoms in total. The van der Waals surface area contributed by atoms with Crippen molar-refractivity contribution in [3.8, 4) is 11.5 Å². The van der Waals surface area contributed by atoms with Crippen molar-refractivity contribution in [2.75, 3.05) is 31.8 Å². The zero-order valence-electron chi connectivity index (χ0n) is 16.1. The molecule has 0 saturated heterocycles. The van der Waals surface area contributed by atoms with Gasteiger partial charge in [0.05, 0.1) is 38.2 Å². The molecule has 148 valence electrons. The fourth-order valence-corrected chi connectivity index (χ4v) is 4.57. The van der Waals surface area contributed by atoms with Crippen LogP contribution in [0.15, 0.2) is 36.7 Å². The molecule has 0 fully saturated rings. The minimum Gasteiger partial charge on any atom is -0.508 e. The van der Waals surface area contributed by atoms with Gasteiger partial charge in [-0.2, -0.15) is 0 Å². The third kappa shape index (κ3) is 5.70. The Labute approximate surface area is 160 Å². The molecule has 0 aliphatic heterocycles. The first-order valence-corrected chi connectivity index (χ1v) is 10.6. The number of rotatable bonds is 10. The standard InChI is InChI=1S/C19H27N2O5P/c1-5-25-27(23,26-6-2)13-17(21-16-8-7-9-20-12-16)15-10-18(22)14(3)19(11-15)24-4/h7-12,17,21-22H,5-6,13H2,1-4H3. The highest BCUT2D eigenvalue weighted by Crippen LogP contribution is 2.51. The third-order valence-electron chi connectivity index (χ3n) is 4.04. The van der Waals surface area contributed by atoms with E-state index in [9.17, 15) is 9.67 Å². The normalized spacial score (nSPS) is 12.6. The quantitative estimate of drug-likeness (QED) is 0.573. The van der Waals surface area contributed by atoms with Crippen LogP contribution < -0.4 is 10.1 Å². The Balaban J connectivity index is 2.43. The molecule has 2 rings (SSSR count). The summed E-state index contributed by atoms with van der Waals surface area (Å²) >= 11 is 0. The first-order valence-electron chi connectivity index (χ1n) is 8.84. The van der Waals surface area contributed by atoms with Crippen molar-refractivity contribution in [2.45, 2.75) is 26.8 Å². The molecule has 2 N–H and O–H groups in total. The topological polar surface area (TPSA) is 89.9 Å². The third-order valence-corrected chi connectivity index (χ3v) is 6.15. The number of hydrogen-bond acceptors (Lipinski definition) is 7. The highest BCUT2D eigenvalue weighted by Gasteiger charge is 2.30. The maximum atomic E-state index is 13.1. The lowest BCUT2D eigenvalue weighted by Crippen LogP contribution is -2.17. The summed E-state index contributed by atoms with van der Waals surface area (Å²) in [5, 5.41) is 13.6. The van der Waals surface area contributed by atoms with E-state index in [0.717, 1.165) is 5.69 Å². The first kappa shape index (κ1) is 21.2. The van der Waals surface area contributed by atoms with E-state index in [-0.39, 0.29) is 25.1 Å². The Bertz CT molecular complexity index is 775. The summed E-state index contributed by atoms with van der Waals surface area (Å²) in [7, 11) is -1.79. The molecule has 0 bridgehead atoms. The molecule has 0 aliphatic carbocycles. The van der Waals surface area contributed by atoms with Crippen LogP contribution in [0, 0.1) is 6.92 Å². The van der Waals surface area contributed by atoms with Crippen molar-refractivity contribution in [2.24, 2.45) is 0 Å². The monoisotopic (exact) mass is 394 g/mol. The Morgan fingerprint density at radius 2 is 1.96 bits per heavy atom. The lowest BCUT2D eigenvalue weighted by atomic mass is 10.0. The van der Waals surface area contributed by atoms with Gasteiger partial charge in [-0.15, -0.1) is 0 Å². The molecule has 0 spiro atoms. The van der Waals surface area contributed by atoms with E-state index in [0.29, 0.717) is 16.9 Å². The van der Waals surface area contributed by atoms with Crippen LogP contribution in [0.2, 0.25) is 0 Å². The number of anilines is 1. The second kappa shape index (κ2) is 9.74. The Hall–Kier alpha value is -2.08. The fraction of sp³-hybridized carbons (Fsp3) is 0.421. The van der Waals surface area contributed by atoms with Crippen molar-refractivity contribution in [3.63, 3.8) is 0 Å². The number of aromatic nitrogens is 1. The van der Waals surface area contributed by atoms with Crippen LogP contribution in [0.4, 0.5) is 5.69 Å². The van der Waals surface area contributed by atoms with Gasteiger partial charge in [0, 0.05) is 18.0 Å². The van der Waals surface area contributed by atoms with E-state index in [1.165, 1.54) is 0 Å². The first-order chi connectivity index (χ1) is 12.9. The molecule has 27 heavy (non-hydrogen) atoms. The number of nitrogens with zero attached hydrogens (tertiary/aromatic N) is 1. The van der Waals surface area contributed by atoms with Crippen LogP contribution in [0.3, 0.4) is 0 Å². The Kier molecular flexibility index (Phi) is 7.66. The van der Waals surface area contributed by atoms with E-state index >= 15 is 0 Å². The predicted octanol–water partition coefficient (Wildman–Crippen LogP) is 4.52. The van der Waals surface area contributed by atoms with Crippen LogP contribution in [0.5, 0.6) is 11.5 Å². The van der Waals surface area contributed by atoms with E-state index in [2.05, 4.69) is 10.3 Å². The zero-order valence-corrected chi connectivity index (χ0v) is 17.0. The summed E-state index contributed by atoms with van der Waals surface area (Å²) in [6.45, 7) is 5.87. The number of hydrogen-bond donors (Lipinski definition) is 2. The molecule has 0 amide bonds. The molecule has 1 aromatic heterocycles. The predicted molar refractivity (Wildman–Crippen MR) is 106 cm³/mol. The molecular weight excluding hydrogens is 367 g/mol. The molecule has 1 unspecified atom stereocenters. The smallest absolute Gasteiger partial charge is 0.333 e. The molecule has 1 atom stereocenters. The van der Waals surface area contributed by atoms with Crippen LogP contribution in [0.25, 0.3) is 0 Å². The zero-order chi connectivity index (χ0) is 19.9. The van der Waals surface area contributed by atoms with E-state index < -0.39 is 13.6 Å². The van der Waals surface area contributed by atoms with Crippen molar-refractivity contribution in [3.05, 3.63) is 47.8 Å². The second-order valence-electron chi connectivity index (χ2n) is 5.93. The van der Waals surface area contributed by atoms with Crippen LogP contribution in [-0.2, 0) is 13.6 Å². The summed E-state index contributed by atoms with van der Waals surface area (Å²) < 4.78 is 29.4. The van der Waals surface area contributed by atoms with Gasteiger partial charge in [-0.1, -0.05) is 0 Å². The Morgan fingerprint density at radius 3 is 2.52 bits per heavy atom. The number of phenolic OH excluding ortho intramolecular Hbond substituents is 1. The molecule has 0 radical (unpaired) electrons. The molecule has 0 aliphatic rings. The summed E-state index contributed by atoms with van der Waals surface area (Å²) in [5.41, 5.74) is 2.10. The number of aromatic hydroxyl groups is 1. The number of ether oxygens (including phenoxy) is 1. The van der Waals surface area contributed by atoms with Gasteiger partial charge in [0.2, 0.25) is 0 Å². The Morgan fingerprint density at radius 1 is 1.26 bits per heavy atom. The lowest BCUT2D eigenvalue weighted by Gasteiger charge is -2.26. The fourth-order valence-electron chi connectivity index (χ4n) is 2.75. The molecule has 1 heterocycles. The van der Waals surface area contributed by atoms with Crippen LogP contribution in [-0.4, -0.2) is 36.6 Å². The van der Waals surface area contributed by atoms with Gasteiger partial charge in [0.1, 0.15) is 11.5 Å². The van der Waals surface area contributed by atoms with E-state index in [1.807, 2.05) is 12.1 Å². The molecule has 8 heteroatoms. The van der Waals surface area contributed by atoms with Crippen molar-refractivity contribution in [1.29, 1.82) is 0 Å². The van der Waals surface area contributed by atoms with E-state index in [4.69, 9.17) is 13.8 Å². The minimum atomic E-state index is -3.33. The molecule has 0 saturated carbocycles. The number of pyridine rings is 1. The van der Waals surface area contributed by atoms with Gasteiger partial charge >= 0.3 is 7.60 Å². The largest absolute Gasteiger partial charge is 0.508 e. The van der Waals surface area contributed by atoms with E-state index in [1.54, 1.807) is 52.4 Å². The lowest BCUT2D eigenvalue weighted by molar-refractivity contribution is 0.219.